The second-order valence-corrected chi connectivity index (χ2v) is 3.71. The van der Waals surface area contributed by atoms with Crippen molar-refractivity contribution in [2.45, 2.75) is 0 Å². The maximum absolute atomic E-state index is 4.99. The molecule has 0 amide bonds. The van der Waals surface area contributed by atoms with E-state index in [2.05, 4.69) is 11.7 Å². The Labute approximate surface area is 42.4 Å². The molecule has 0 nitrogen and oxygen atoms in total. The maximum Gasteiger partial charge on any atom is 0.0250 e. The van der Waals surface area contributed by atoms with Crippen molar-refractivity contribution >= 4 is 42.2 Å². The first-order valence-corrected chi connectivity index (χ1v) is 4.53. The lowest BCUT2D eigenvalue weighted by Crippen LogP contribution is -0.964. The second kappa shape index (κ2) is 4.34. The van der Waals surface area contributed by atoms with Crippen LogP contribution in [0.4, 0.5) is 0 Å². The van der Waals surface area contributed by atoms with Gasteiger partial charge in [-0.15, -0.1) is 0 Å². The first kappa shape index (κ1) is 5.34. The zero-order chi connectivity index (χ0) is 3.41. The van der Waals surface area contributed by atoms with E-state index in [9.17, 15) is 0 Å². The van der Waals surface area contributed by atoms with E-state index in [0.717, 1.165) is 10.0 Å². The molecule has 0 saturated carbocycles. The van der Waals surface area contributed by atoms with E-state index in [-0.39, 0.29) is 0 Å². The molecular weight excluding hydrogens is 132 g/mol. The molecule has 0 aromatic rings. The number of rotatable bonds is 1. The van der Waals surface area contributed by atoms with E-state index in [1.165, 1.54) is 9.83 Å². The maximum atomic E-state index is 4.99. The van der Waals surface area contributed by atoms with Gasteiger partial charge in [-0.1, -0.05) is 11.7 Å². The molecule has 0 heterocycles. The van der Waals surface area contributed by atoms with Gasteiger partial charge in [0.1, 0.15) is 0 Å². The predicted octanol–water partition coefficient (Wildman–Crippen LogP) is 2.37. The quantitative estimate of drug-likeness (QED) is 0.430. The molecule has 4 heteroatoms. The largest absolute Gasteiger partial charge is 0.0985 e. The van der Waals surface area contributed by atoms with Crippen LogP contribution in [0, 0.1) is 0 Å². The summed E-state index contributed by atoms with van der Waals surface area (Å²) in [5.41, 5.74) is 0. The molecule has 0 saturated heterocycles. The van der Waals surface area contributed by atoms with Crippen LogP contribution in [0.2, 0.25) is 0 Å². The van der Waals surface area contributed by atoms with Crippen molar-refractivity contribution < 1.29 is 0 Å². The normalized spacial score (nSPS) is 7.50. The molecule has 0 aliphatic heterocycles. The van der Waals surface area contributed by atoms with Gasteiger partial charge in [0.2, 0.25) is 0 Å². The van der Waals surface area contributed by atoms with Crippen LogP contribution in [-0.2, 0) is 0 Å². The first-order chi connectivity index (χ1) is 1.91. The van der Waals surface area contributed by atoms with E-state index >= 15 is 0 Å². The molecule has 0 bridgehead atoms. The van der Waals surface area contributed by atoms with E-state index in [1.54, 1.807) is 0 Å². The number of halogens is 1. The van der Waals surface area contributed by atoms with Gasteiger partial charge in [0.05, 0.1) is 0 Å². The molecular formula is HClS3. The fraction of sp³-hybridized carbons (Fsp3) is 0. The van der Waals surface area contributed by atoms with Crippen LogP contribution in [0.3, 0.4) is 0 Å². The Morgan fingerprint density at radius 2 is 2.00 bits per heavy atom. The Hall–Kier alpha value is 1.34. The van der Waals surface area contributed by atoms with E-state index in [4.69, 9.17) is 10.7 Å². The topological polar surface area (TPSA) is 0 Å². The van der Waals surface area contributed by atoms with Crippen LogP contribution in [0.25, 0.3) is 0 Å². The highest BCUT2D eigenvalue weighted by Crippen LogP contribution is 2.27. The van der Waals surface area contributed by atoms with Crippen LogP contribution >= 0.6 is 42.2 Å². The number of thiol groups is 1. The average Bonchev–Trinajstić information content (AvgIpc) is 1.37. The van der Waals surface area contributed by atoms with Gasteiger partial charge in [-0.3, -0.25) is 0 Å². The van der Waals surface area contributed by atoms with Gasteiger partial charge in [0.15, 0.2) is 0 Å². The summed E-state index contributed by atoms with van der Waals surface area (Å²) in [5, 5.41) is 0. The summed E-state index contributed by atoms with van der Waals surface area (Å²) in [6.45, 7) is 0. The molecule has 0 N–H and O–H groups in total. The van der Waals surface area contributed by atoms with Crippen molar-refractivity contribution in [1.29, 1.82) is 0 Å². The summed E-state index contributed by atoms with van der Waals surface area (Å²) < 4.78 is 0. The van der Waals surface area contributed by atoms with Crippen molar-refractivity contribution in [2.75, 3.05) is 0 Å². The highest BCUT2D eigenvalue weighted by molar-refractivity contribution is 9.09. The van der Waals surface area contributed by atoms with Crippen molar-refractivity contribution in [2.24, 2.45) is 0 Å². The van der Waals surface area contributed by atoms with E-state index in [0.29, 0.717) is 0 Å². The molecule has 4 heavy (non-hydrogen) atoms. The Balaban J connectivity index is 1.97. The molecule has 0 radical (unpaired) electrons. The molecule has 0 unspecified atom stereocenters. The molecule has 0 rings (SSSR count). The van der Waals surface area contributed by atoms with E-state index in [1.807, 2.05) is 0 Å². The molecule has 0 aliphatic carbocycles. The zero-order valence-electron chi connectivity index (χ0n) is 1.64. The van der Waals surface area contributed by atoms with E-state index < -0.39 is 0 Å². The van der Waals surface area contributed by atoms with Gasteiger partial charge >= 0.3 is 0 Å². The van der Waals surface area contributed by atoms with Gasteiger partial charge in [-0.05, 0) is 20.5 Å². The highest BCUT2D eigenvalue weighted by atomic mass is 35.7. The minimum absolute atomic E-state index is 1.11. The van der Waals surface area contributed by atoms with Crippen molar-refractivity contribution in [3.8, 4) is 0 Å². The lowest BCUT2D eigenvalue weighted by molar-refractivity contribution is 5.29. The van der Waals surface area contributed by atoms with Crippen LogP contribution in [0.5, 0.6) is 0 Å². The van der Waals surface area contributed by atoms with Crippen LogP contribution in [0.1, 0.15) is 0 Å². The van der Waals surface area contributed by atoms with Gasteiger partial charge in [0, 0.05) is 10.0 Å². The lowest BCUT2D eigenvalue weighted by atomic mass is 30.6. The smallest absolute Gasteiger partial charge is 0.0250 e. The fourth-order valence-electron chi connectivity index (χ4n) is 0. The fourth-order valence-corrected chi connectivity index (χ4v) is 0. The SMILES string of the molecule is SSSCl. The Kier molecular flexibility index (Phi) is 5.79. The number of hydrogen-bond acceptors (Lipinski definition) is 3. The van der Waals surface area contributed by atoms with Crippen molar-refractivity contribution in [1.82, 2.24) is 0 Å². The van der Waals surface area contributed by atoms with Crippen LogP contribution in [-0.4, -0.2) is 0 Å². The summed E-state index contributed by atoms with van der Waals surface area (Å²) >= 11 is 3.67. The molecule has 0 spiro atoms. The van der Waals surface area contributed by atoms with Crippen molar-refractivity contribution in [3.63, 3.8) is 0 Å². The highest BCUT2D eigenvalue weighted by Gasteiger charge is 1.61. The molecule has 0 aliphatic rings. The summed E-state index contributed by atoms with van der Waals surface area (Å²) in [7, 11) is 7.33. The standard InChI is InChI=1S/ClHS3/c1-3-4-2/h2H. The third-order valence-corrected chi connectivity index (χ3v) is 2.28. The molecule has 0 fully saturated rings. The minimum Gasteiger partial charge on any atom is -0.0985 e. The third kappa shape index (κ3) is 3.34. The van der Waals surface area contributed by atoms with Crippen molar-refractivity contribution in [3.05, 3.63) is 0 Å². The summed E-state index contributed by atoms with van der Waals surface area (Å²) in [5.74, 6) is 0. The molecule has 26 valence electrons. The average molecular weight is 133 g/mol. The first-order valence-electron chi connectivity index (χ1n) is 0.504. The van der Waals surface area contributed by atoms with Gasteiger partial charge in [-0.25, -0.2) is 0 Å². The van der Waals surface area contributed by atoms with Gasteiger partial charge in [-0.2, -0.15) is 0 Å². The summed E-state index contributed by atoms with van der Waals surface area (Å²) in [4.78, 5) is 0. The Morgan fingerprint density at radius 1 is 1.75 bits per heavy atom. The Morgan fingerprint density at radius 3 is 2.00 bits per heavy atom. The Bertz CT molecular complexity index is 5.25. The van der Waals surface area contributed by atoms with Crippen LogP contribution in [0.15, 0.2) is 0 Å². The third-order valence-electron chi connectivity index (χ3n) is 0.0282. The molecule has 0 atom stereocenters. The summed E-state index contributed by atoms with van der Waals surface area (Å²) in [6.07, 6.45) is 0. The molecule has 0 aromatic carbocycles. The number of hydrogen-bond donors (Lipinski definition) is 1. The zero-order valence-corrected chi connectivity index (χ0v) is 4.93. The summed E-state index contributed by atoms with van der Waals surface area (Å²) in [6, 6.07) is 0. The van der Waals surface area contributed by atoms with Gasteiger partial charge < -0.3 is 0 Å². The van der Waals surface area contributed by atoms with Crippen LogP contribution < -0.4 is 0 Å². The minimum atomic E-state index is 1.11. The molecule has 0 aromatic heterocycles. The predicted molar refractivity (Wildman–Crippen MR) is 30.0 cm³/mol. The van der Waals surface area contributed by atoms with Gasteiger partial charge in [0.25, 0.3) is 0 Å². The lowest BCUT2D eigenvalue weighted by Gasteiger charge is -1.63. The monoisotopic (exact) mass is 132 g/mol. The second-order valence-electron chi connectivity index (χ2n) is 0.138.